The van der Waals surface area contributed by atoms with Crippen LogP contribution < -0.4 is 95.6 Å². The number of thioether (sulfide) groups is 6. The van der Waals surface area contributed by atoms with Crippen LogP contribution in [0.25, 0.3) is 0 Å². The Labute approximate surface area is 902 Å². The Morgan fingerprint density at radius 3 is 0.688 bits per heavy atom. The highest BCUT2D eigenvalue weighted by Crippen LogP contribution is 2.60. The number of benzene rings is 14. The molecule has 6 nitrogen and oxygen atoms in total. The molecule has 0 aromatic heterocycles. The van der Waals surface area contributed by atoms with Crippen molar-refractivity contribution in [1.82, 2.24) is 31.9 Å². The van der Waals surface area contributed by atoms with E-state index in [0.717, 1.165) is 101 Å². The molecule has 0 amide bonds. The minimum absolute atomic E-state index is 0.241. The highest BCUT2D eigenvalue weighted by atomic mass is 32.2. The first kappa shape index (κ1) is 116. The molecule has 6 N–H and O–H groups in total. The third-order valence-electron chi connectivity index (χ3n) is 25.3. The molecule has 0 unspecified atom stereocenters. The summed E-state index contributed by atoms with van der Waals surface area (Å²) in [7, 11) is -1.59. The van der Waals surface area contributed by atoms with Gasteiger partial charge in [0.05, 0.1) is 0 Å². The molecule has 0 atom stereocenters. The summed E-state index contributed by atoms with van der Waals surface area (Å²) in [6.45, 7) is 24.3. The van der Waals surface area contributed by atoms with Crippen molar-refractivity contribution in [2.75, 3.05) is 162 Å². The smallest absolute Gasteiger partial charge is 0.0168 e. The van der Waals surface area contributed by atoms with Crippen LogP contribution in [0.1, 0.15) is 71.8 Å². The van der Waals surface area contributed by atoms with Gasteiger partial charge in [-0.1, -0.05) is 428 Å². The van der Waals surface area contributed by atoms with Gasteiger partial charge in [0.15, 0.2) is 0 Å². The summed E-state index contributed by atoms with van der Waals surface area (Å²) in [5, 5.41) is 39.5. The largest absolute Gasteiger partial charge is 0.316 e. The maximum atomic E-state index is 3.78. The Hall–Kier alpha value is -6.48. The highest BCUT2D eigenvalue weighted by molar-refractivity contribution is 8.01. The topological polar surface area (TPSA) is 72.2 Å². The van der Waals surface area contributed by atoms with E-state index in [1.54, 1.807) is 19.3 Å². The quantitative estimate of drug-likeness (QED) is 0.0125. The average molecular weight is 2130 g/mol. The maximum Gasteiger partial charge on any atom is 0.0168 e. The summed E-state index contributed by atoms with van der Waals surface area (Å²) in [6, 6.07) is 151. The zero-order chi connectivity index (χ0) is 100. The summed E-state index contributed by atoms with van der Waals surface area (Å²) in [6.07, 6.45) is 18.6. The van der Waals surface area contributed by atoms with Crippen molar-refractivity contribution in [2.24, 2.45) is 17.8 Å². The van der Waals surface area contributed by atoms with Crippen molar-refractivity contribution in [1.29, 1.82) is 0 Å². The van der Waals surface area contributed by atoms with Crippen LogP contribution in [-0.4, -0.2) is 172 Å². The molecule has 14 aromatic carbocycles. The Balaban J connectivity index is 0.000000155. The van der Waals surface area contributed by atoms with Gasteiger partial charge >= 0.3 is 0 Å². The van der Waals surface area contributed by atoms with E-state index in [0.29, 0.717) is 9.49 Å². The first-order chi connectivity index (χ1) is 70.9. The predicted octanol–water partition coefficient (Wildman–Crippen LogP) is 25.5. The average Bonchev–Trinajstić information content (AvgIpc) is 0.749. The van der Waals surface area contributed by atoms with E-state index in [1.165, 1.54) is 171 Å². The minimum atomic E-state index is -0.289. The maximum absolute atomic E-state index is 3.78. The molecular formula is C126H158N6P6S6. The van der Waals surface area contributed by atoms with Crippen molar-refractivity contribution >= 4 is 182 Å². The zero-order valence-electron chi connectivity index (χ0n) is 86.1. The van der Waals surface area contributed by atoms with Crippen LogP contribution in [0.15, 0.2) is 428 Å². The van der Waals surface area contributed by atoms with E-state index in [9.17, 15) is 0 Å². The first-order valence-electron chi connectivity index (χ1n) is 52.2. The summed E-state index contributed by atoms with van der Waals surface area (Å²) >= 11 is 12.1. The molecule has 4 saturated carbocycles. The van der Waals surface area contributed by atoms with Gasteiger partial charge in [-0.2, -0.15) is 47.0 Å². The van der Waals surface area contributed by atoms with E-state index in [-0.39, 0.29) is 47.5 Å². The second-order valence-electron chi connectivity index (χ2n) is 37.4. The molecule has 0 heterocycles. The lowest BCUT2D eigenvalue weighted by molar-refractivity contribution is 0.0383. The molecule has 4 bridgehead atoms. The molecular weight excluding hydrogens is 1980 g/mol. The fourth-order valence-electron chi connectivity index (χ4n) is 18.7. The van der Waals surface area contributed by atoms with Crippen molar-refractivity contribution in [3.63, 3.8) is 0 Å². The molecule has 0 aliphatic heterocycles. The van der Waals surface area contributed by atoms with E-state index >= 15 is 0 Å². The first-order valence-corrected chi connectivity index (χ1v) is 67.8. The summed E-state index contributed by atoms with van der Waals surface area (Å²) < 4.78 is 1.03. The molecule has 14 aromatic rings. The number of aryl methyl sites for hydroxylation is 1. The Bertz CT molecular complexity index is 5280. The SMILES string of the molecule is CC(C)(C)SCCNCCP(c1ccccc1)c1ccccc1.CCSCCNCCP(c1ccccc1)c1ccccc1.CSCCNCCP(c1ccccc1)c1ccccc1.Cc1ccc(SCCNCCP(c2ccccc2)c2ccccc2)cc1.c1ccc(P(CCNCCSC23CC4CC(CC(C4)C2)C3)c2ccccc2)cc1.c1ccc(SCCNCCP(c2ccccc2)c2ccccc2)cc1. The lowest BCUT2D eigenvalue weighted by Crippen LogP contribution is -2.48. The van der Waals surface area contributed by atoms with Crippen molar-refractivity contribution < 1.29 is 0 Å². The molecule has 144 heavy (non-hydrogen) atoms. The van der Waals surface area contributed by atoms with Gasteiger partial charge in [-0.15, -0.1) is 23.5 Å². The molecule has 0 spiro atoms. The van der Waals surface area contributed by atoms with Crippen LogP contribution in [0, 0.1) is 24.7 Å². The summed E-state index contributed by atoms with van der Waals surface area (Å²) in [5.74, 6) is 11.5. The number of hydrogen-bond donors (Lipinski definition) is 6. The van der Waals surface area contributed by atoms with E-state index < -0.39 is 0 Å². The molecule has 18 rings (SSSR count). The number of nitrogens with one attached hydrogen (secondary N) is 6. The molecule has 0 saturated heterocycles. The Morgan fingerprint density at radius 2 is 0.458 bits per heavy atom. The van der Waals surface area contributed by atoms with Gasteiger partial charge in [0.1, 0.15) is 0 Å². The second-order valence-corrected chi connectivity index (χ2v) is 59.6. The highest BCUT2D eigenvalue weighted by Gasteiger charge is 2.51. The minimum Gasteiger partial charge on any atom is -0.316 e. The Kier molecular flexibility index (Phi) is 56.3. The van der Waals surface area contributed by atoms with E-state index in [1.807, 2.05) is 58.8 Å². The molecule has 4 fully saturated rings. The monoisotopic (exact) mass is 2130 g/mol. The molecule has 4 aliphatic rings. The molecule has 0 radical (unpaired) electrons. The van der Waals surface area contributed by atoms with Gasteiger partial charge < -0.3 is 31.9 Å². The van der Waals surface area contributed by atoms with Gasteiger partial charge in [-0.25, -0.2) is 0 Å². The lowest BCUT2D eigenvalue weighted by Gasteiger charge is -2.56. The third-order valence-corrected chi connectivity index (χ3v) is 46.8. The van der Waals surface area contributed by atoms with Gasteiger partial charge in [-0.3, -0.25) is 0 Å². The summed E-state index contributed by atoms with van der Waals surface area (Å²) in [4.78, 5) is 2.70. The standard InChI is InChI=1S/C26H34NPS.C23H26NPS.C22H24NPS.C20H28NPS.C18H24NPS.C17H22NPS/c1-3-7-24(8-4-1)28(25-9-5-2-6-10-25)13-11-27-12-14-29-26-18-21-15-22(19-26)17-23(16-21)20-26;1-20-12-14-23(15-13-20)26-19-17-24-16-18-25(21-8-4-2-5-9-21)22-10-6-3-7-11-22;1-4-10-20(11-5-1)24(21-12-6-2-7-13-21)18-16-23-17-19-25-22-14-8-3-9-15-22;1-20(2,3)23-17-15-21-14-16-22(18-10-6-4-7-11-18)19-12-8-5-9-13-19;1-2-21-16-14-19-13-15-20(17-9-5-3-6-10-17)18-11-7-4-8-12-18;1-20-15-13-18-12-14-19(16-8-4-2-5-9-16)17-10-6-3-7-11-17/h1-10,21-23,27H,11-20H2;2-15,24H,16-19H2,1H3;1-15,23H,16-19H2;4-13,21H,14-17H2,1-3H3;3-12,19H,2,13-16H2,1H3;2-11,18H,12-15H2,1H3. The molecule has 758 valence electrons. The molecule has 4 aliphatic carbocycles. The Morgan fingerprint density at radius 1 is 0.250 bits per heavy atom. The summed E-state index contributed by atoms with van der Waals surface area (Å²) in [5.41, 5.74) is 1.32. The van der Waals surface area contributed by atoms with Gasteiger partial charge in [-0.05, 0) is 287 Å². The molecule has 18 heteroatoms. The van der Waals surface area contributed by atoms with Crippen LogP contribution in [0.5, 0.6) is 0 Å². The number of rotatable bonds is 52. The van der Waals surface area contributed by atoms with Crippen LogP contribution in [0.4, 0.5) is 0 Å². The van der Waals surface area contributed by atoms with Crippen molar-refractivity contribution in [2.45, 2.75) is 92.4 Å². The third kappa shape index (κ3) is 44.2. The van der Waals surface area contributed by atoms with Crippen LogP contribution >= 0.6 is 118 Å². The van der Waals surface area contributed by atoms with Crippen LogP contribution in [-0.2, 0) is 0 Å². The van der Waals surface area contributed by atoms with Gasteiger partial charge in [0.25, 0.3) is 0 Å². The predicted molar refractivity (Wildman–Crippen MR) is 667 cm³/mol. The van der Waals surface area contributed by atoms with Crippen molar-refractivity contribution in [3.05, 3.63) is 424 Å². The van der Waals surface area contributed by atoms with Gasteiger partial charge in [0.2, 0.25) is 0 Å². The van der Waals surface area contributed by atoms with Crippen molar-refractivity contribution in [3.8, 4) is 0 Å². The van der Waals surface area contributed by atoms with Crippen LogP contribution in [0.2, 0.25) is 0 Å². The number of hydrogen-bond acceptors (Lipinski definition) is 12. The van der Waals surface area contributed by atoms with E-state index in [2.05, 4.69) is 503 Å². The fraction of sp³-hybridized carbons (Fsp3) is 0.333. The lowest BCUT2D eigenvalue weighted by atomic mass is 9.56. The fourth-order valence-corrected chi connectivity index (χ4v) is 37.4. The van der Waals surface area contributed by atoms with Crippen LogP contribution in [0.3, 0.4) is 0 Å². The zero-order valence-corrected chi connectivity index (χ0v) is 96.4. The van der Waals surface area contributed by atoms with Gasteiger partial charge in [0, 0.05) is 93.1 Å². The second kappa shape index (κ2) is 69.8. The normalized spacial score (nSPS) is 15.0. The van der Waals surface area contributed by atoms with E-state index in [4.69, 9.17) is 0 Å².